The van der Waals surface area contributed by atoms with E-state index in [9.17, 15) is 9.59 Å². The van der Waals surface area contributed by atoms with E-state index in [1.165, 1.54) is 16.7 Å². The van der Waals surface area contributed by atoms with Gasteiger partial charge in [0.1, 0.15) is 16.7 Å². The maximum Gasteiger partial charge on any atom is 0.238 e. The SMILES string of the molecule is CCOc1ccc(NC(=O)[C@@H]2CC(=O)N(C)C(=Nc3ccc(OC)cc3)S2)cc1. The minimum Gasteiger partial charge on any atom is -0.497 e. The highest BCUT2D eigenvalue weighted by Gasteiger charge is 2.34. The largest absolute Gasteiger partial charge is 0.497 e. The van der Waals surface area contributed by atoms with Crippen molar-refractivity contribution in [3.63, 3.8) is 0 Å². The zero-order valence-electron chi connectivity index (χ0n) is 16.5. The number of nitrogens with zero attached hydrogens (tertiary/aromatic N) is 2. The lowest BCUT2D eigenvalue weighted by molar-refractivity contribution is -0.128. The number of hydrogen-bond acceptors (Lipinski definition) is 6. The molecule has 1 saturated heterocycles. The normalized spacial score (nSPS) is 17.9. The van der Waals surface area contributed by atoms with Crippen LogP contribution in [0, 0.1) is 0 Å². The molecule has 8 heteroatoms. The van der Waals surface area contributed by atoms with Crippen LogP contribution in [0.1, 0.15) is 13.3 Å². The lowest BCUT2D eigenvalue weighted by atomic mass is 10.2. The third-order valence-corrected chi connectivity index (χ3v) is 5.53. The van der Waals surface area contributed by atoms with Crippen LogP contribution in [0.5, 0.6) is 11.5 Å². The van der Waals surface area contributed by atoms with E-state index in [1.807, 2.05) is 6.92 Å². The molecule has 29 heavy (non-hydrogen) atoms. The summed E-state index contributed by atoms with van der Waals surface area (Å²) in [6.45, 7) is 2.49. The predicted octanol–water partition coefficient (Wildman–Crippen LogP) is 3.68. The highest BCUT2D eigenvalue weighted by molar-refractivity contribution is 8.15. The molecule has 1 fully saturated rings. The van der Waals surface area contributed by atoms with E-state index in [2.05, 4.69) is 10.3 Å². The molecule has 1 aliphatic heterocycles. The third kappa shape index (κ3) is 5.29. The lowest BCUT2D eigenvalue weighted by Crippen LogP contribution is -2.43. The molecule has 1 N–H and O–H groups in total. The smallest absolute Gasteiger partial charge is 0.238 e. The molecule has 0 aliphatic carbocycles. The molecule has 152 valence electrons. The van der Waals surface area contributed by atoms with Crippen LogP contribution in [0.4, 0.5) is 11.4 Å². The molecular weight excluding hydrogens is 390 g/mol. The summed E-state index contributed by atoms with van der Waals surface area (Å²) in [5.41, 5.74) is 1.33. The van der Waals surface area contributed by atoms with Crippen LogP contribution in [0.25, 0.3) is 0 Å². The molecular formula is C21H23N3O4S. The van der Waals surface area contributed by atoms with Crippen molar-refractivity contribution in [2.24, 2.45) is 4.99 Å². The minimum absolute atomic E-state index is 0.117. The number of ether oxygens (including phenoxy) is 2. The number of carbonyl (C=O) groups excluding carboxylic acids is 2. The number of rotatable bonds is 6. The Bertz CT molecular complexity index is 897. The second-order valence-corrected chi connectivity index (χ2v) is 7.47. The highest BCUT2D eigenvalue weighted by Crippen LogP contribution is 2.29. The quantitative estimate of drug-likeness (QED) is 0.781. The van der Waals surface area contributed by atoms with E-state index < -0.39 is 5.25 Å². The summed E-state index contributed by atoms with van der Waals surface area (Å²) in [5.74, 6) is 1.08. The topological polar surface area (TPSA) is 80.2 Å². The zero-order chi connectivity index (χ0) is 20.8. The van der Waals surface area contributed by atoms with Gasteiger partial charge < -0.3 is 14.8 Å². The first-order valence-corrected chi connectivity index (χ1v) is 10.1. The van der Waals surface area contributed by atoms with Crippen LogP contribution < -0.4 is 14.8 Å². The highest BCUT2D eigenvalue weighted by atomic mass is 32.2. The number of hydrogen-bond donors (Lipinski definition) is 1. The fraction of sp³-hybridized carbons (Fsp3) is 0.286. The Kier molecular flexibility index (Phi) is 6.77. The lowest BCUT2D eigenvalue weighted by Gasteiger charge is -2.28. The number of aliphatic imine (C=N–C) groups is 1. The number of amidine groups is 1. The molecule has 3 rings (SSSR count). The average molecular weight is 413 g/mol. The number of methoxy groups -OCH3 is 1. The van der Waals surface area contributed by atoms with Crippen molar-refractivity contribution in [3.8, 4) is 11.5 Å². The van der Waals surface area contributed by atoms with Crippen LogP contribution in [0.15, 0.2) is 53.5 Å². The molecule has 7 nitrogen and oxygen atoms in total. The summed E-state index contributed by atoms with van der Waals surface area (Å²) in [5, 5.41) is 2.79. The van der Waals surface area contributed by atoms with Gasteiger partial charge in [-0.1, -0.05) is 11.8 Å². The van der Waals surface area contributed by atoms with Gasteiger partial charge in [0, 0.05) is 19.2 Å². The number of amides is 2. The molecule has 0 radical (unpaired) electrons. The van der Waals surface area contributed by atoms with Gasteiger partial charge in [0.25, 0.3) is 0 Å². The van der Waals surface area contributed by atoms with Crippen LogP contribution in [-0.4, -0.2) is 47.9 Å². The second kappa shape index (κ2) is 9.47. The first-order valence-electron chi connectivity index (χ1n) is 9.20. The Labute approximate surface area is 174 Å². The zero-order valence-corrected chi connectivity index (χ0v) is 17.4. The molecule has 0 bridgehead atoms. The third-order valence-electron chi connectivity index (χ3n) is 4.29. The van der Waals surface area contributed by atoms with E-state index in [4.69, 9.17) is 9.47 Å². The van der Waals surface area contributed by atoms with Crippen molar-refractivity contribution in [2.75, 3.05) is 26.1 Å². The van der Waals surface area contributed by atoms with Gasteiger partial charge in [-0.3, -0.25) is 14.5 Å². The van der Waals surface area contributed by atoms with E-state index >= 15 is 0 Å². The van der Waals surface area contributed by atoms with Gasteiger partial charge >= 0.3 is 0 Å². The second-order valence-electron chi connectivity index (χ2n) is 6.30. The molecule has 1 heterocycles. The van der Waals surface area contributed by atoms with E-state index in [1.54, 1.807) is 62.7 Å². The van der Waals surface area contributed by atoms with Gasteiger partial charge in [-0.05, 0) is 55.5 Å². The standard InChI is InChI=1S/C21H23N3O4S/c1-4-28-17-11-7-14(8-12-17)22-20(26)18-13-19(25)24(2)21(29-18)23-15-5-9-16(27-3)10-6-15/h5-12,18H,4,13H2,1-3H3,(H,22,26)/t18-/m0/s1. The van der Waals surface area contributed by atoms with E-state index in [0.29, 0.717) is 23.1 Å². The molecule has 2 amide bonds. The monoisotopic (exact) mass is 413 g/mol. The number of carbonyl (C=O) groups is 2. The van der Waals surface area contributed by atoms with Gasteiger partial charge in [-0.25, -0.2) is 4.99 Å². The maximum atomic E-state index is 12.7. The van der Waals surface area contributed by atoms with E-state index in [-0.39, 0.29) is 18.2 Å². The Morgan fingerprint density at radius 3 is 2.45 bits per heavy atom. The predicted molar refractivity (Wildman–Crippen MR) is 115 cm³/mol. The van der Waals surface area contributed by atoms with Crippen LogP contribution >= 0.6 is 11.8 Å². The van der Waals surface area contributed by atoms with Crippen molar-refractivity contribution in [1.29, 1.82) is 0 Å². The van der Waals surface area contributed by atoms with Gasteiger partial charge in [-0.15, -0.1) is 0 Å². The molecule has 2 aromatic rings. The molecule has 0 spiro atoms. The first kappa shape index (κ1) is 20.7. The van der Waals surface area contributed by atoms with Crippen molar-refractivity contribution in [2.45, 2.75) is 18.6 Å². The van der Waals surface area contributed by atoms with Crippen molar-refractivity contribution in [3.05, 3.63) is 48.5 Å². The van der Waals surface area contributed by atoms with Crippen molar-refractivity contribution >= 4 is 40.1 Å². The van der Waals surface area contributed by atoms with Crippen LogP contribution in [0.2, 0.25) is 0 Å². The summed E-state index contributed by atoms with van der Waals surface area (Å²) in [7, 11) is 3.26. The van der Waals surface area contributed by atoms with Gasteiger partial charge in [0.2, 0.25) is 11.8 Å². The van der Waals surface area contributed by atoms with Crippen molar-refractivity contribution in [1.82, 2.24) is 4.90 Å². The van der Waals surface area contributed by atoms with Gasteiger partial charge in [0.15, 0.2) is 5.17 Å². The number of anilines is 1. The minimum atomic E-state index is -0.553. The molecule has 1 atom stereocenters. The summed E-state index contributed by atoms with van der Waals surface area (Å²) in [4.78, 5) is 31.1. The van der Waals surface area contributed by atoms with Crippen molar-refractivity contribution < 1.29 is 19.1 Å². The molecule has 2 aromatic carbocycles. The fourth-order valence-electron chi connectivity index (χ4n) is 2.69. The average Bonchev–Trinajstić information content (AvgIpc) is 2.73. The Hall–Kier alpha value is -3.00. The summed E-state index contributed by atoms with van der Waals surface area (Å²) in [6, 6.07) is 14.3. The van der Waals surface area contributed by atoms with Crippen LogP contribution in [-0.2, 0) is 9.59 Å². The molecule has 0 saturated carbocycles. The summed E-state index contributed by atoms with van der Waals surface area (Å²) < 4.78 is 10.5. The van der Waals surface area contributed by atoms with Crippen LogP contribution in [0.3, 0.4) is 0 Å². The molecule has 0 aromatic heterocycles. The Balaban J connectivity index is 1.71. The van der Waals surface area contributed by atoms with E-state index in [0.717, 1.165) is 11.5 Å². The fourth-order valence-corrected chi connectivity index (χ4v) is 3.75. The molecule has 0 unspecified atom stereocenters. The number of thioether (sulfide) groups is 1. The first-order chi connectivity index (χ1) is 14.0. The molecule has 1 aliphatic rings. The number of benzene rings is 2. The summed E-state index contributed by atoms with van der Waals surface area (Å²) >= 11 is 1.27. The number of nitrogens with one attached hydrogen (secondary N) is 1. The van der Waals surface area contributed by atoms with Gasteiger partial charge in [-0.2, -0.15) is 0 Å². The Morgan fingerprint density at radius 2 is 1.83 bits per heavy atom. The summed E-state index contributed by atoms with van der Waals surface area (Å²) in [6.07, 6.45) is 0.117. The van der Waals surface area contributed by atoms with Gasteiger partial charge in [0.05, 0.1) is 19.4 Å². The maximum absolute atomic E-state index is 12.7. The Morgan fingerprint density at radius 1 is 1.17 bits per heavy atom.